The van der Waals surface area contributed by atoms with Crippen LogP contribution in [0.4, 0.5) is 0 Å². The van der Waals surface area contributed by atoms with Crippen LogP contribution in [-0.4, -0.2) is 75.9 Å². The molecule has 1 spiro atoms. The van der Waals surface area contributed by atoms with Crippen molar-refractivity contribution in [1.29, 1.82) is 0 Å². The van der Waals surface area contributed by atoms with Crippen molar-refractivity contribution in [2.75, 3.05) is 27.2 Å². The van der Waals surface area contributed by atoms with Gasteiger partial charge in [-0.25, -0.2) is 4.99 Å². The number of carbonyl (C=O) groups is 3. The monoisotopic (exact) mass is 374 g/mol. The minimum Gasteiger partial charge on any atom is -0.349 e. The number of carbonyl (C=O) groups excluding carboxylic acids is 3. The van der Waals surface area contributed by atoms with Gasteiger partial charge in [-0.15, -0.1) is 0 Å². The van der Waals surface area contributed by atoms with E-state index >= 15 is 0 Å². The summed E-state index contributed by atoms with van der Waals surface area (Å²) in [6, 6.07) is 0. The second-order valence-corrected chi connectivity index (χ2v) is 7.46. The van der Waals surface area contributed by atoms with Crippen molar-refractivity contribution in [3.05, 3.63) is 17.0 Å². The Morgan fingerprint density at radius 3 is 2.33 bits per heavy atom. The van der Waals surface area contributed by atoms with Crippen LogP contribution in [0, 0.1) is 13.8 Å². The predicted octanol–water partition coefficient (Wildman–Crippen LogP) is 0.111. The fourth-order valence-electron chi connectivity index (χ4n) is 3.76. The van der Waals surface area contributed by atoms with Gasteiger partial charge in [0, 0.05) is 32.9 Å². The molecule has 3 heterocycles. The Labute approximate surface area is 158 Å². The third-order valence-corrected chi connectivity index (χ3v) is 5.35. The quantitative estimate of drug-likeness (QED) is 0.757. The van der Waals surface area contributed by atoms with Crippen LogP contribution in [0.15, 0.2) is 4.99 Å². The summed E-state index contributed by atoms with van der Waals surface area (Å²) in [5, 5.41) is 7.15. The highest BCUT2D eigenvalue weighted by molar-refractivity contribution is 6.07. The normalized spacial score (nSPS) is 18.5. The van der Waals surface area contributed by atoms with E-state index in [-0.39, 0.29) is 24.1 Å². The highest BCUT2D eigenvalue weighted by atomic mass is 16.2. The molecule has 0 atom stereocenters. The van der Waals surface area contributed by atoms with Crippen LogP contribution >= 0.6 is 0 Å². The highest BCUT2D eigenvalue weighted by Crippen LogP contribution is 2.30. The molecule has 0 saturated carbocycles. The third-order valence-electron chi connectivity index (χ3n) is 5.35. The summed E-state index contributed by atoms with van der Waals surface area (Å²) in [4.78, 5) is 44.9. The number of likely N-dealkylation sites (tertiary alicyclic amines) is 1. The zero-order valence-electron chi connectivity index (χ0n) is 16.5. The fraction of sp³-hybridized carbons (Fsp3) is 0.611. The van der Waals surface area contributed by atoms with E-state index in [1.54, 1.807) is 28.3 Å². The molecule has 1 aromatic heterocycles. The maximum atomic E-state index is 12.7. The molecule has 1 aromatic rings. The molecule has 9 nitrogen and oxygen atoms in total. The lowest BCUT2D eigenvalue weighted by Gasteiger charge is -2.35. The number of nitrogens with zero attached hydrogens (tertiary/aromatic N) is 5. The van der Waals surface area contributed by atoms with Crippen molar-refractivity contribution in [1.82, 2.24) is 24.9 Å². The van der Waals surface area contributed by atoms with Crippen molar-refractivity contribution in [2.24, 2.45) is 4.99 Å². The van der Waals surface area contributed by atoms with Gasteiger partial charge < -0.3 is 9.80 Å². The molecule has 2 aliphatic heterocycles. The summed E-state index contributed by atoms with van der Waals surface area (Å²) in [5.74, 6) is 0.355. The lowest BCUT2D eigenvalue weighted by molar-refractivity contribution is -0.136. The molecule has 0 aromatic carbocycles. The first kappa shape index (κ1) is 19.1. The van der Waals surface area contributed by atoms with E-state index in [0.29, 0.717) is 48.8 Å². The molecular formula is C18H26N6O3. The molecule has 0 radical (unpaired) electrons. The topological polar surface area (TPSA) is 99.9 Å². The molecule has 146 valence electrons. The first-order chi connectivity index (χ1) is 12.6. The van der Waals surface area contributed by atoms with E-state index in [9.17, 15) is 14.4 Å². The Morgan fingerprint density at radius 1 is 1.22 bits per heavy atom. The van der Waals surface area contributed by atoms with Gasteiger partial charge >= 0.3 is 0 Å². The van der Waals surface area contributed by atoms with Crippen LogP contribution in [0.1, 0.15) is 41.5 Å². The Morgan fingerprint density at radius 2 is 1.85 bits per heavy atom. The Hall–Kier alpha value is -2.71. The number of aryl methyl sites for hydroxylation is 1. The highest BCUT2D eigenvalue weighted by Gasteiger charge is 2.46. The zero-order chi connectivity index (χ0) is 19.9. The molecule has 2 amide bonds. The number of piperidine rings is 1. The molecule has 0 aliphatic carbocycles. The lowest BCUT2D eigenvalue weighted by atomic mass is 9.88. The van der Waals surface area contributed by atoms with E-state index in [1.807, 2.05) is 14.1 Å². The summed E-state index contributed by atoms with van der Waals surface area (Å²) in [5.41, 5.74) is 1.15. The van der Waals surface area contributed by atoms with Crippen LogP contribution in [0.3, 0.4) is 0 Å². The van der Waals surface area contributed by atoms with E-state index in [2.05, 4.69) is 15.4 Å². The number of hydrogen-bond acceptors (Lipinski definition) is 6. The fourth-order valence-corrected chi connectivity index (χ4v) is 3.76. The number of Topliss-reactive ketones (excluding diaryl/α,β-unsaturated/α-hetero) is 1. The minimum atomic E-state index is -0.767. The molecule has 1 fully saturated rings. The summed E-state index contributed by atoms with van der Waals surface area (Å²) < 4.78 is 1.59. The Balaban J connectivity index is 1.67. The molecule has 27 heavy (non-hydrogen) atoms. The molecule has 1 saturated heterocycles. The van der Waals surface area contributed by atoms with Gasteiger partial charge in [-0.05, 0) is 33.6 Å². The van der Waals surface area contributed by atoms with Gasteiger partial charge in [0.25, 0.3) is 5.91 Å². The number of rotatable bonds is 3. The minimum absolute atomic E-state index is 0.0505. The molecule has 3 rings (SSSR count). The molecule has 1 N–H and O–H groups in total. The first-order valence-corrected chi connectivity index (χ1v) is 9.06. The zero-order valence-corrected chi connectivity index (χ0v) is 16.5. The summed E-state index contributed by atoms with van der Waals surface area (Å²) in [6.45, 7) is 6.10. The van der Waals surface area contributed by atoms with Gasteiger partial charge in [0.1, 0.15) is 12.1 Å². The number of hydrogen-bond donors (Lipinski definition) is 1. The van der Waals surface area contributed by atoms with Crippen LogP contribution in [-0.2, 0) is 16.1 Å². The van der Waals surface area contributed by atoms with Crippen LogP contribution < -0.4 is 5.32 Å². The van der Waals surface area contributed by atoms with Gasteiger partial charge in [-0.2, -0.15) is 5.10 Å². The molecular weight excluding hydrogens is 348 g/mol. The van der Waals surface area contributed by atoms with E-state index < -0.39 is 5.54 Å². The summed E-state index contributed by atoms with van der Waals surface area (Å²) in [6.07, 6.45) is 0.995. The average Bonchev–Trinajstić information content (AvgIpc) is 3.05. The van der Waals surface area contributed by atoms with E-state index in [0.717, 1.165) is 0 Å². The molecule has 0 bridgehead atoms. The van der Waals surface area contributed by atoms with Crippen LogP contribution in [0.25, 0.3) is 0 Å². The second kappa shape index (κ2) is 6.79. The third kappa shape index (κ3) is 3.33. The van der Waals surface area contributed by atoms with Crippen LogP contribution in [0.2, 0.25) is 0 Å². The van der Waals surface area contributed by atoms with Crippen LogP contribution in [0.5, 0.6) is 0 Å². The second-order valence-electron chi connectivity index (χ2n) is 7.46. The lowest BCUT2D eigenvalue weighted by Crippen LogP contribution is -2.51. The number of nitrogens with one attached hydrogen (secondary N) is 1. The van der Waals surface area contributed by atoms with E-state index in [4.69, 9.17) is 0 Å². The number of guanidine groups is 1. The summed E-state index contributed by atoms with van der Waals surface area (Å²) >= 11 is 0. The van der Waals surface area contributed by atoms with Gasteiger partial charge in [-0.3, -0.25) is 24.4 Å². The average molecular weight is 374 g/mol. The van der Waals surface area contributed by atoms with Gasteiger partial charge in [0.05, 0.1) is 11.3 Å². The maximum Gasteiger partial charge on any atom is 0.254 e. The van der Waals surface area contributed by atoms with Crippen molar-refractivity contribution < 1.29 is 14.4 Å². The predicted molar refractivity (Wildman–Crippen MR) is 99.5 cm³/mol. The molecule has 9 heteroatoms. The van der Waals surface area contributed by atoms with Crippen molar-refractivity contribution in [2.45, 2.75) is 45.7 Å². The van der Waals surface area contributed by atoms with Gasteiger partial charge in [-0.1, -0.05) is 0 Å². The van der Waals surface area contributed by atoms with Crippen molar-refractivity contribution in [3.8, 4) is 0 Å². The smallest absolute Gasteiger partial charge is 0.254 e. The summed E-state index contributed by atoms with van der Waals surface area (Å²) in [7, 11) is 3.67. The molecule has 2 aliphatic rings. The van der Waals surface area contributed by atoms with Crippen molar-refractivity contribution in [3.63, 3.8) is 0 Å². The SMILES string of the molecule is CC(=O)c1c(C)nn(CC(=O)N2CCC3(CC2)N=C(N(C)C)NC3=O)c1C. The first-order valence-electron chi connectivity index (χ1n) is 9.06. The van der Waals surface area contributed by atoms with Gasteiger partial charge in [0.2, 0.25) is 11.9 Å². The number of aliphatic imine (C=N–C) groups is 1. The van der Waals surface area contributed by atoms with Crippen molar-refractivity contribution >= 4 is 23.6 Å². The number of amides is 2. The van der Waals surface area contributed by atoms with Gasteiger partial charge in [0.15, 0.2) is 5.78 Å². The standard InChI is InChI=1S/C18H26N6O3/c1-11-15(13(3)25)12(2)24(21-11)10-14(26)23-8-6-18(7-9-23)16(27)19-17(20-18)22(4)5/h6-10H2,1-5H3,(H,19,20,27). The maximum absolute atomic E-state index is 12.7. The Bertz CT molecular complexity index is 830. The Kier molecular flexibility index (Phi) is 4.79. The largest absolute Gasteiger partial charge is 0.349 e. The molecule has 0 unspecified atom stereocenters. The van der Waals surface area contributed by atoms with E-state index in [1.165, 1.54) is 6.92 Å². The number of aromatic nitrogens is 2. The number of ketones is 1.